The van der Waals surface area contributed by atoms with Crippen LogP contribution in [0.2, 0.25) is 5.02 Å². The Morgan fingerprint density at radius 3 is 2.75 bits per heavy atom. The molecule has 0 atom stereocenters. The number of nitrogens with two attached hydrogens (primary N) is 1. The maximum absolute atomic E-state index is 13.3. The summed E-state index contributed by atoms with van der Waals surface area (Å²) >= 11 is 5.72. The van der Waals surface area contributed by atoms with Crippen LogP contribution in [0, 0.1) is 5.82 Å². The lowest BCUT2D eigenvalue weighted by atomic mass is 10.1. The van der Waals surface area contributed by atoms with Crippen molar-refractivity contribution in [3.8, 4) is 0 Å². The summed E-state index contributed by atoms with van der Waals surface area (Å²) in [6, 6.07) is 4.75. The maximum Gasteiger partial charge on any atom is 0.143 e. The second kappa shape index (κ2) is 3.32. The van der Waals surface area contributed by atoms with Crippen LogP contribution in [-0.2, 0) is 0 Å². The molecule has 0 saturated heterocycles. The van der Waals surface area contributed by atoms with E-state index in [0.29, 0.717) is 17.1 Å². The molecule has 1 aromatic heterocycles. The van der Waals surface area contributed by atoms with Crippen molar-refractivity contribution in [2.24, 2.45) is 0 Å². The first-order chi connectivity index (χ1) is 7.65. The smallest absolute Gasteiger partial charge is 0.143 e. The lowest BCUT2D eigenvalue weighted by Gasteiger charge is -2.06. The third-order valence-corrected chi connectivity index (χ3v) is 3.19. The third kappa shape index (κ3) is 1.52. The van der Waals surface area contributed by atoms with Gasteiger partial charge in [0.1, 0.15) is 5.82 Å². The summed E-state index contributed by atoms with van der Waals surface area (Å²) < 4.78 is 13.3. The van der Waals surface area contributed by atoms with Crippen molar-refractivity contribution in [3.05, 3.63) is 34.7 Å². The van der Waals surface area contributed by atoms with E-state index in [1.54, 1.807) is 0 Å². The summed E-state index contributed by atoms with van der Waals surface area (Å²) in [5.41, 5.74) is 8.09. The van der Waals surface area contributed by atoms with E-state index in [1.165, 1.54) is 12.1 Å². The normalized spacial score (nSPS) is 15.6. The number of anilines is 1. The Kier molecular flexibility index (Phi) is 2.04. The Morgan fingerprint density at radius 2 is 2.06 bits per heavy atom. The second-order valence-electron chi connectivity index (χ2n) is 4.19. The molecule has 2 nitrogen and oxygen atoms in total. The number of nitrogens with zero attached hydrogens (tertiary/aromatic N) is 1. The molecule has 82 valence electrons. The van der Waals surface area contributed by atoms with E-state index in [-0.39, 0.29) is 5.02 Å². The van der Waals surface area contributed by atoms with Crippen LogP contribution in [0.5, 0.6) is 0 Å². The van der Waals surface area contributed by atoms with Gasteiger partial charge in [-0.2, -0.15) is 0 Å². The summed E-state index contributed by atoms with van der Waals surface area (Å²) in [4.78, 5) is 4.42. The van der Waals surface area contributed by atoms with Gasteiger partial charge in [-0.3, -0.25) is 4.98 Å². The monoisotopic (exact) mass is 236 g/mol. The van der Waals surface area contributed by atoms with E-state index in [1.807, 2.05) is 6.07 Å². The van der Waals surface area contributed by atoms with Gasteiger partial charge in [0.25, 0.3) is 0 Å². The predicted molar refractivity (Wildman–Crippen MR) is 63.1 cm³/mol. The highest BCUT2D eigenvalue weighted by atomic mass is 35.5. The largest absolute Gasteiger partial charge is 0.398 e. The van der Waals surface area contributed by atoms with Crippen LogP contribution in [0.1, 0.15) is 24.5 Å². The van der Waals surface area contributed by atoms with Crippen molar-refractivity contribution in [3.63, 3.8) is 0 Å². The van der Waals surface area contributed by atoms with Crippen molar-refractivity contribution in [2.75, 3.05) is 5.73 Å². The van der Waals surface area contributed by atoms with Crippen molar-refractivity contribution >= 4 is 28.2 Å². The molecule has 0 spiro atoms. The first kappa shape index (κ1) is 9.85. The highest BCUT2D eigenvalue weighted by Gasteiger charge is 2.25. The Hall–Kier alpha value is -1.35. The molecule has 1 heterocycles. The van der Waals surface area contributed by atoms with Gasteiger partial charge < -0.3 is 5.73 Å². The van der Waals surface area contributed by atoms with Crippen LogP contribution in [0.3, 0.4) is 0 Å². The molecule has 1 saturated carbocycles. The van der Waals surface area contributed by atoms with Gasteiger partial charge in [0.15, 0.2) is 0 Å². The van der Waals surface area contributed by atoms with Gasteiger partial charge in [-0.25, -0.2) is 4.39 Å². The van der Waals surface area contributed by atoms with E-state index in [4.69, 9.17) is 17.3 Å². The fourth-order valence-electron chi connectivity index (χ4n) is 1.86. The van der Waals surface area contributed by atoms with E-state index < -0.39 is 5.82 Å². The molecular weight excluding hydrogens is 227 g/mol. The molecule has 0 unspecified atom stereocenters. The van der Waals surface area contributed by atoms with E-state index in [0.717, 1.165) is 23.9 Å². The molecule has 1 aromatic carbocycles. The summed E-state index contributed by atoms with van der Waals surface area (Å²) in [5.74, 6) is 0.0550. The zero-order valence-electron chi connectivity index (χ0n) is 8.50. The average molecular weight is 237 g/mol. The third-order valence-electron chi connectivity index (χ3n) is 2.90. The number of benzene rings is 1. The van der Waals surface area contributed by atoms with Crippen LogP contribution in [0.4, 0.5) is 10.1 Å². The highest BCUT2D eigenvalue weighted by Crippen LogP contribution is 2.41. The van der Waals surface area contributed by atoms with Crippen molar-refractivity contribution in [2.45, 2.75) is 18.8 Å². The SMILES string of the molecule is Nc1cc(C2CC2)nc2cc(F)c(Cl)cc12. The Balaban J connectivity index is 2.28. The topological polar surface area (TPSA) is 38.9 Å². The standard InChI is InChI=1S/C12H10ClFN2/c13-8-3-7-10(15)5-11(6-1-2-6)16-12(7)4-9(8)14/h3-6H,1-2H2,(H2,15,16). The van der Waals surface area contributed by atoms with Crippen molar-refractivity contribution in [1.82, 2.24) is 4.98 Å². The van der Waals surface area contributed by atoms with Gasteiger partial charge in [-0.15, -0.1) is 0 Å². The number of hydrogen-bond acceptors (Lipinski definition) is 2. The molecular formula is C12H10ClFN2. The molecule has 16 heavy (non-hydrogen) atoms. The number of hydrogen-bond donors (Lipinski definition) is 1. The average Bonchev–Trinajstić information content (AvgIpc) is 3.04. The minimum atomic E-state index is -0.450. The number of pyridine rings is 1. The fraction of sp³-hybridized carbons (Fsp3) is 0.250. The zero-order chi connectivity index (χ0) is 11.3. The Bertz CT molecular complexity index is 579. The molecule has 0 aliphatic heterocycles. The van der Waals surface area contributed by atoms with Crippen LogP contribution >= 0.6 is 11.6 Å². The van der Waals surface area contributed by atoms with Crippen LogP contribution in [-0.4, -0.2) is 4.98 Å². The van der Waals surface area contributed by atoms with Gasteiger partial charge in [0.2, 0.25) is 0 Å². The number of halogens is 2. The molecule has 0 bridgehead atoms. The van der Waals surface area contributed by atoms with Gasteiger partial charge in [-0.1, -0.05) is 11.6 Å². The minimum Gasteiger partial charge on any atom is -0.398 e. The van der Waals surface area contributed by atoms with Gasteiger partial charge in [0, 0.05) is 28.8 Å². The summed E-state index contributed by atoms with van der Waals surface area (Å²) in [6.45, 7) is 0. The maximum atomic E-state index is 13.3. The number of rotatable bonds is 1. The van der Waals surface area contributed by atoms with Gasteiger partial charge >= 0.3 is 0 Å². The summed E-state index contributed by atoms with van der Waals surface area (Å²) in [5, 5.41) is 0.802. The Labute approximate surface area is 97.2 Å². The fourth-order valence-corrected chi connectivity index (χ4v) is 2.02. The van der Waals surface area contributed by atoms with E-state index >= 15 is 0 Å². The molecule has 4 heteroatoms. The van der Waals surface area contributed by atoms with Crippen LogP contribution in [0.25, 0.3) is 10.9 Å². The zero-order valence-corrected chi connectivity index (χ0v) is 9.26. The molecule has 2 N–H and O–H groups in total. The minimum absolute atomic E-state index is 0.0835. The lowest BCUT2D eigenvalue weighted by Crippen LogP contribution is -1.95. The van der Waals surface area contributed by atoms with Crippen molar-refractivity contribution < 1.29 is 4.39 Å². The number of fused-ring (bicyclic) bond motifs is 1. The molecule has 1 fully saturated rings. The summed E-state index contributed by atoms with van der Waals surface area (Å²) in [6.07, 6.45) is 2.29. The second-order valence-corrected chi connectivity index (χ2v) is 4.60. The predicted octanol–water partition coefficient (Wildman–Crippen LogP) is 3.49. The molecule has 3 rings (SSSR count). The molecule has 0 radical (unpaired) electrons. The lowest BCUT2D eigenvalue weighted by molar-refractivity contribution is 0.630. The highest BCUT2D eigenvalue weighted by molar-refractivity contribution is 6.31. The summed E-state index contributed by atoms with van der Waals surface area (Å²) in [7, 11) is 0. The molecule has 0 amide bonds. The van der Waals surface area contributed by atoms with Gasteiger partial charge in [0.05, 0.1) is 10.5 Å². The quantitative estimate of drug-likeness (QED) is 0.823. The molecule has 2 aromatic rings. The first-order valence-corrected chi connectivity index (χ1v) is 5.58. The number of aromatic nitrogens is 1. The first-order valence-electron chi connectivity index (χ1n) is 5.20. The van der Waals surface area contributed by atoms with Crippen LogP contribution in [0.15, 0.2) is 18.2 Å². The molecule has 1 aliphatic carbocycles. The van der Waals surface area contributed by atoms with Crippen LogP contribution < -0.4 is 5.73 Å². The Morgan fingerprint density at radius 1 is 1.31 bits per heavy atom. The van der Waals surface area contributed by atoms with Gasteiger partial charge in [-0.05, 0) is 25.0 Å². The van der Waals surface area contributed by atoms with Crippen molar-refractivity contribution in [1.29, 1.82) is 0 Å². The molecule has 1 aliphatic rings. The van der Waals surface area contributed by atoms with E-state index in [9.17, 15) is 4.39 Å². The number of nitrogen functional groups attached to an aromatic ring is 1. The van der Waals surface area contributed by atoms with E-state index in [2.05, 4.69) is 4.98 Å².